The average Bonchev–Trinajstić information content (AvgIpc) is 2.30. The molecule has 3 heteroatoms. The van der Waals surface area contributed by atoms with Gasteiger partial charge in [0, 0.05) is 12.2 Å². The number of morpholine rings is 1. The van der Waals surface area contributed by atoms with Crippen molar-refractivity contribution in [3.05, 3.63) is 29.8 Å². The molecule has 1 N–H and O–H groups in total. The molecule has 0 saturated carbocycles. The van der Waals surface area contributed by atoms with Crippen LogP contribution in [0.4, 0.5) is 5.69 Å². The zero-order valence-electron chi connectivity index (χ0n) is 9.02. The lowest BCUT2D eigenvalue weighted by Gasteiger charge is -2.36. The highest BCUT2D eigenvalue weighted by Crippen LogP contribution is 2.19. The maximum Gasteiger partial charge on any atom is 0.0755 e. The fraction of sp³-hybridized carbons (Fsp3) is 0.500. The number of benzene rings is 1. The van der Waals surface area contributed by atoms with E-state index in [0.29, 0.717) is 6.61 Å². The maximum absolute atomic E-state index is 9.26. The van der Waals surface area contributed by atoms with Gasteiger partial charge in [0.1, 0.15) is 0 Å². The summed E-state index contributed by atoms with van der Waals surface area (Å²) >= 11 is 0. The predicted molar refractivity (Wildman–Crippen MR) is 60.2 cm³/mol. The highest BCUT2D eigenvalue weighted by atomic mass is 16.5. The normalized spacial score (nSPS) is 21.7. The quantitative estimate of drug-likeness (QED) is 0.790. The van der Waals surface area contributed by atoms with E-state index in [1.165, 1.54) is 11.3 Å². The first-order chi connectivity index (χ1) is 7.31. The summed E-state index contributed by atoms with van der Waals surface area (Å²) in [5, 5.41) is 9.26. The average molecular weight is 207 g/mol. The standard InChI is InChI=1S/C12H17NO2/c1-10-2-4-11(5-3-10)13-6-7-15-9-12(13)8-14/h2-5,12,14H,6-9H2,1H3. The molecular weight excluding hydrogens is 190 g/mol. The Morgan fingerprint density at radius 2 is 2.13 bits per heavy atom. The van der Waals surface area contributed by atoms with Crippen LogP contribution in [-0.2, 0) is 4.74 Å². The molecule has 1 fully saturated rings. The molecule has 1 saturated heterocycles. The Balaban J connectivity index is 2.16. The first-order valence-electron chi connectivity index (χ1n) is 5.33. The molecule has 0 aliphatic carbocycles. The molecule has 0 aromatic heterocycles. The van der Waals surface area contributed by atoms with E-state index in [-0.39, 0.29) is 12.6 Å². The zero-order valence-corrected chi connectivity index (χ0v) is 9.02. The van der Waals surface area contributed by atoms with Crippen LogP contribution in [0.25, 0.3) is 0 Å². The van der Waals surface area contributed by atoms with Gasteiger partial charge in [-0.3, -0.25) is 0 Å². The number of hydrogen-bond donors (Lipinski definition) is 1. The molecule has 0 amide bonds. The molecule has 0 spiro atoms. The lowest BCUT2D eigenvalue weighted by atomic mass is 10.1. The summed E-state index contributed by atoms with van der Waals surface area (Å²) in [5.74, 6) is 0. The minimum atomic E-state index is 0.0986. The summed E-state index contributed by atoms with van der Waals surface area (Å²) < 4.78 is 5.35. The van der Waals surface area contributed by atoms with Gasteiger partial charge in [0.05, 0.1) is 25.9 Å². The molecule has 3 nitrogen and oxygen atoms in total. The lowest BCUT2D eigenvalue weighted by molar-refractivity contribution is 0.0727. The van der Waals surface area contributed by atoms with E-state index in [9.17, 15) is 5.11 Å². The van der Waals surface area contributed by atoms with Gasteiger partial charge in [-0.15, -0.1) is 0 Å². The Bertz CT molecular complexity index is 310. The van der Waals surface area contributed by atoms with E-state index >= 15 is 0 Å². The summed E-state index contributed by atoms with van der Waals surface area (Å²) in [6.07, 6.45) is 0. The Kier molecular flexibility index (Phi) is 3.23. The lowest BCUT2D eigenvalue weighted by Crippen LogP contribution is -2.47. The topological polar surface area (TPSA) is 32.7 Å². The van der Waals surface area contributed by atoms with Gasteiger partial charge in [-0.1, -0.05) is 17.7 Å². The molecule has 1 aromatic carbocycles. The number of nitrogens with zero attached hydrogens (tertiary/aromatic N) is 1. The van der Waals surface area contributed by atoms with E-state index in [0.717, 1.165) is 13.2 Å². The van der Waals surface area contributed by atoms with E-state index in [1.807, 2.05) is 0 Å². The molecule has 82 valence electrons. The third-order valence-electron chi connectivity index (χ3n) is 2.80. The molecule has 1 aromatic rings. The van der Waals surface area contributed by atoms with Gasteiger partial charge in [-0.25, -0.2) is 0 Å². The molecule has 1 heterocycles. The maximum atomic E-state index is 9.26. The number of ether oxygens (including phenoxy) is 1. The van der Waals surface area contributed by atoms with Crippen molar-refractivity contribution in [2.24, 2.45) is 0 Å². The molecule has 0 bridgehead atoms. The van der Waals surface area contributed by atoms with Crippen LogP contribution in [0, 0.1) is 6.92 Å². The number of aliphatic hydroxyl groups excluding tert-OH is 1. The Hall–Kier alpha value is -1.06. The number of aliphatic hydroxyl groups is 1. The van der Waals surface area contributed by atoms with Crippen molar-refractivity contribution in [3.63, 3.8) is 0 Å². The zero-order chi connectivity index (χ0) is 10.7. The molecule has 0 radical (unpaired) electrons. The van der Waals surface area contributed by atoms with Crippen LogP contribution in [0.15, 0.2) is 24.3 Å². The van der Waals surface area contributed by atoms with Crippen molar-refractivity contribution < 1.29 is 9.84 Å². The molecule has 2 rings (SSSR count). The summed E-state index contributed by atoms with van der Waals surface area (Å²) in [6, 6.07) is 8.49. The molecular formula is C12H17NO2. The van der Waals surface area contributed by atoms with Gasteiger partial charge in [0.25, 0.3) is 0 Å². The van der Waals surface area contributed by atoms with Gasteiger partial charge in [0.2, 0.25) is 0 Å². The molecule has 1 aliphatic rings. The van der Waals surface area contributed by atoms with Gasteiger partial charge in [-0.05, 0) is 19.1 Å². The van der Waals surface area contributed by atoms with Crippen LogP contribution in [0.3, 0.4) is 0 Å². The second-order valence-corrected chi connectivity index (χ2v) is 3.94. The molecule has 1 aliphatic heterocycles. The molecule has 1 atom stereocenters. The van der Waals surface area contributed by atoms with Gasteiger partial charge in [0.15, 0.2) is 0 Å². The van der Waals surface area contributed by atoms with Crippen molar-refractivity contribution in [2.45, 2.75) is 13.0 Å². The molecule has 15 heavy (non-hydrogen) atoms. The van der Waals surface area contributed by atoms with E-state index < -0.39 is 0 Å². The number of rotatable bonds is 2. The van der Waals surface area contributed by atoms with Crippen molar-refractivity contribution in [1.82, 2.24) is 0 Å². The second-order valence-electron chi connectivity index (χ2n) is 3.94. The minimum Gasteiger partial charge on any atom is -0.394 e. The summed E-state index contributed by atoms with van der Waals surface area (Å²) in [4.78, 5) is 2.21. The van der Waals surface area contributed by atoms with Crippen LogP contribution >= 0.6 is 0 Å². The Morgan fingerprint density at radius 3 is 2.80 bits per heavy atom. The van der Waals surface area contributed by atoms with Gasteiger partial charge in [-0.2, -0.15) is 0 Å². The van der Waals surface area contributed by atoms with Crippen molar-refractivity contribution in [1.29, 1.82) is 0 Å². The van der Waals surface area contributed by atoms with Crippen molar-refractivity contribution in [2.75, 3.05) is 31.3 Å². The summed E-state index contributed by atoms with van der Waals surface area (Å²) in [7, 11) is 0. The van der Waals surface area contributed by atoms with Crippen LogP contribution in [0.2, 0.25) is 0 Å². The van der Waals surface area contributed by atoms with E-state index in [4.69, 9.17) is 4.74 Å². The van der Waals surface area contributed by atoms with Crippen molar-refractivity contribution >= 4 is 5.69 Å². The summed E-state index contributed by atoms with van der Waals surface area (Å²) in [6.45, 7) is 4.43. The van der Waals surface area contributed by atoms with Crippen LogP contribution < -0.4 is 4.90 Å². The van der Waals surface area contributed by atoms with E-state index in [1.54, 1.807) is 0 Å². The van der Waals surface area contributed by atoms with Crippen molar-refractivity contribution in [3.8, 4) is 0 Å². The van der Waals surface area contributed by atoms with Crippen LogP contribution in [0.5, 0.6) is 0 Å². The smallest absolute Gasteiger partial charge is 0.0755 e. The minimum absolute atomic E-state index is 0.0986. The summed E-state index contributed by atoms with van der Waals surface area (Å²) in [5.41, 5.74) is 2.43. The fourth-order valence-electron chi connectivity index (χ4n) is 1.88. The highest BCUT2D eigenvalue weighted by molar-refractivity contribution is 5.48. The first kappa shape index (κ1) is 10.5. The number of hydrogen-bond acceptors (Lipinski definition) is 3. The molecule has 1 unspecified atom stereocenters. The number of aryl methyl sites for hydroxylation is 1. The van der Waals surface area contributed by atoms with Gasteiger partial charge >= 0.3 is 0 Å². The van der Waals surface area contributed by atoms with Crippen LogP contribution in [0.1, 0.15) is 5.56 Å². The number of anilines is 1. The Morgan fingerprint density at radius 1 is 1.40 bits per heavy atom. The van der Waals surface area contributed by atoms with Crippen LogP contribution in [-0.4, -0.2) is 37.5 Å². The fourth-order valence-corrected chi connectivity index (χ4v) is 1.88. The van der Waals surface area contributed by atoms with Gasteiger partial charge < -0.3 is 14.7 Å². The second kappa shape index (κ2) is 4.64. The highest BCUT2D eigenvalue weighted by Gasteiger charge is 2.22. The monoisotopic (exact) mass is 207 g/mol. The third-order valence-corrected chi connectivity index (χ3v) is 2.80. The predicted octanol–water partition coefficient (Wildman–Crippen LogP) is 1.19. The SMILES string of the molecule is Cc1ccc(N2CCOCC2CO)cc1. The van der Waals surface area contributed by atoms with E-state index in [2.05, 4.69) is 36.1 Å². The first-order valence-corrected chi connectivity index (χ1v) is 5.33. The largest absolute Gasteiger partial charge is 0.394 e. The Labute approximate surface area is 90.3 Å². The third kappa shape index (κ3) is 2.30.